The second kappa shape index (κ2) is 13.4. The largest absolute Gasteiger partial charge is 0.478 e. The Kier molecular flexibility index (Phi) is 9.75. The van der Waals surface area contributed by atoms with Gasteiger partial charge in [0.2, 0.25) is 11.8 Å². The summed E-state index contributed by atoms with van der Waals surface area (Å²) in [5.41, 5.74) is 1.28. The maximum absolute atomic E-state index is 13.2. The molecule has 0 radical (unpaired) electrons. The molecule has 10 heteroatoms. The van der Waals surface area contributed by atoms with E-state index >= 15 is 0 Å². The van der Waals surface area contributed by atoms with Gasteiger partial charge in [0, 0.05) is 64.2 Å². The van der Waals surface area contributed by atoms with Gasteiger partial charge in [-0.25, -0.2) is 9.78 Å². The van der Waals surface area contributed by atoms with Crippen LogP contribution in [0.2, 0.25) is 0 Å². The highest BCUT2D eigenvalue weighted by Gasteiger charge is 2.23. The molecule has 2 aromatic rings. The van der Waals surface area contributed by atoms with Gasteiger partial charge in [-0.2, -0.15) is 0 Å². The van der Waals surface area contributed by atoms with E-state index in [1.165, 1.54) is 0 Å². The van der Waals surface area contributed by atoms with E-state index in [2.05, 4.69) is 20.5 Å². The summed E-state index contributed by atoms with van der Waals surface area (Å²) in [6.45, 7) is 7.38. The third-order valence-corrected chi connectivity index (χ3v) is 7.68. The van der Waals surface area contributed by atoms with Crippen molar-refractivity contribution in [1.82, 2.24) is 25.4 Å². The van der Waals surface area contributed by atoms with Crippen LogP contribution >= 0.6 is 0 Å². The molecule has 1 aliphatic heterocycles. The molecule has 1 saturated heterocycles. The van der Waals surface area contributed by atoms with Gasteiger partial charge in [-0.05, 0) is 50.0 Å². The fourth-order valence-electron chi connectivity index (χ4n) is 5.37. The highest BCUT2D eigenvalue weighted by molar-refractivity contribution is 6.06. The third-order valence-electron chi connectivity index (χ3n) is 7.68. The molecule has 0 bridgehead atoms. The Morgan fingerprint density at radius 2 is 1.66 bits per heavy atom. The minimum Gasteiger partial charge on any atom is -0.478 e. The number of hydrogen-bond acceptors (Lipinski definition) is 6. The molecule has 0 spiro atoms. The van der Waals surface area contributed by atoms with Gasteiger partial charge in [0.15, 0.2) is 0 Å². The third kappa shape index (κ3) is 7.80. The molecule has 2 fully saturated rings. The van der Waals surface area contributed by atoms with Crippen molar-refractivity contribution in [3.8, 4) is 5.88 Å². The van der Waals surface area contributed by atoms with Gasteiger partial charge in [-0.3, -0.25) is 14.5 Å². The lowest BCUT2D eigenvalue weighted by Gasteiger charge is -2.34. The Labute approximate surface area is 223 Å². The van der Waals surface area contributed by atoms with E-state index in [1.807, 2.05) is 29.2 Å². The molecule has 0 atom stereocenters. The minimum absolute atomic E-state index is 0.133. The predicted octanol–water partition coefficient (Wildman–Crippen LogP) is 2.97. The predicted molar refractivity (Wildman–Crippen MR) is 144 cm³/mol. The van der Waals surface area contributed by atoms with Crippen molar-refractivity contribution < 1.29 is 24.2 Å². The van der Waals surface area contributed by atoms with Crippen LogP contribution in [0.5, 0.6) is 5.88 Å². The van der Waals surface area contributed by atoms with E-state index in [0.29, 0.717) is 43.0 Å². The zero-order chi connectivity index (χ0) is 26.9. The summed E-state index contributed by atoms with van der Waals surface area (Å²) in [6, 6.07) is 9.33. The van der Waals surface area contributed by atoms with Crippen LogP contribution in [-0.2, 0) is 4.79 Å². The molecule has 1 saturated carbocycles. The van der Waals surface area contributed by atoms with Crippen molar-refractivity contribution >= 4 is 28.8 Å². The first kappa shape index (κ1) is 27.6. The molecule has 1 aliphatic carbocycles. The summed E-state index contributed by atoms with van der Waals surface area (Å²) in [5, 5.41) is 15.2. The summed E-state index contributed by atoms with van der Waals surface area (Å²) >= 11 is 0. The number of carbonyl (C=O) groups is 3. The smallest absolute Gasteiger partial charge is 0.404 e. The SMILES string of the molecule is CC(=O)N1CCN(CCCOc2cc(C(=O)NCC3CCC(CNC(=O)O)CC3)c3ccccc3n2)CC1. The number of rotatable bonds is 10. The molecule has 1 aromatic heterocycles. The number of benzene rings is 1. The van der Waals surface area contributed by atoms with Crippen LogP contribution < -0.4 is 15.4 Å². The molecule has 10 nitrogen and oxygen atoms in total. The Morgan fingerprint density at radius 1 is 1.00 bits per heavy atom. The number of pyridine rings is 1. The van der Waals surface area contributed by atoms with Crippen molar-refractivity contribution in [2.45, 2.75) is 39.0 Å². The van der Waals surface area contributed by atoms with Crippen LogP contribution in [0.15, 0.2) is 30.3 Å². The van der Waals surface area contributed by atoms with E-state index in [-0.39, 0.29) is 11.8 Å². The van der Waals surface area contributed by atoms with Gasteiger partial charge in [-0.15, -0.1) is 0 Å². The molecule has 4 rings (SSSR count). The van der Waals surface area contributed by atoms with E-state index in [1.54, 1.807) is 13.0 Å². The molecule has 3 N–H and O–H groups in total. The Hall–Kier alpha value is -3.40. The Balaban J connectivity index is 1.27. The molecule has 0 unspecified atom stereocenters. The molecular weight excluding hydrogens is 486 g/mol. The normalized spacial score (nSPS) is 20.2. The van der Waals surface area contributed by atoms with Crippen molar-refractivity contribution in [3.63, 3.8) is 0 Å². The first-order valence-corrected chi connectivity index (χ1v) is 13.6. The second-order valence-electron chi connectivity index (χ2n) is 10.4. The standard InChI is InChI=1S/C28H39N5O5/c1-20(34)33-14-12-32(13-15-33)11-4-16-38-26-17-24(23-5-2-3-6-25(23)31-26)27(35)29-18-21-7-9-22(10-8-21)19-30-28(36)37/h2-3,5-6,17,21-22,30H,4,7-16,18-19H2,1H3,(H,29,35)(H,36,37). The summed E-state index contributed by atoms with van der Waals surface area (Å²) in [6.07, 6.45) is 3.73. The number of aromatic nitrogens is 1. The van der Waals surface area contributed by atoms with Crippen molar-refractivity contribution in [3.05, 3.63) is 35.9 Å². The van der Waals surface area contributed by atoms with Gasteiger partial charge in [-0.1, -0.05) is 18.2 Å². The zero-order valence-corrected chi connectivity index (χ0v) is 22.2. The number of nitrogens with zero attached hydrogens (tertiary/aromatic N) is 3. The quantitative estimate of drug-likeness (QED) is 0.408. The number of amides is 3. The molecular formula is C28H39N5O5. The number of carbonyl (C=O) groups excluding carboxylic acids is 2. The average Bonchev–Trinajstić information content (AvgIpc) is 2.93. The number of fused-ring (bicyclic) bond motifs is 1. The van der Waals surface area contributed by atoms with Crippen molar-refractivity contribution in [1.29, 1.82) is 0 Å². The molecule has 1 aromatic carbocycles. The van der Waals surface area contributed by atoms with Gasteiger partial charge in [0.25, 0.3) is 5.91 Å². The first-order valence-electron chi connectivity index (χ1n) is 13.6. The number of carboxylic acid groups (broad SMARTS) is 1. The lowest BCUT2D eigenvalue weighted by Crippen LogP contribution is -2.48. The van der Waals surface area contributed by atoms with Crippen LogP contribution in [0.1, 0.15) is 49.4 Å². The topological polar surface area (TPSA) is 124 Å². The molecule has 38 heavy (non-hydrogen) atoms. The highest BCUT2D eigenvalue weighted by Crippen LogP contribution is 2.28. The van der Waals surface area contributed by atoms with Crippen LogP contribution in [0, 0.1) is 11.8 Å². The lowest BCUT2D eigenvalue weighted by atomic mass is 9.82. The van der Waals surface area contributed by atoms with Crippen molar-refractivity contribution in [2.24, 2.45) is 11.8 Å². The number of ether oxygens (including phenoxy) is 1. The second-order valence-corrected chi connectivity index (χ2v) is 10.4. The fourth-order valence-corrected chi connectivity index (χ4v) is 5.37. The van der Waals surface area contributed by atoms with E-state index < -0.39 is 6.09 Å². The van der Waals surface area contributed by atoms with E-state index in [9.17, 15) is 14.4 Å². The summed E-state index contributed by atoms with van der Waals surface area (Å²) in [7, 11) is 0. The number of piperazine rings is 1. The summed E-state index contributed by atoms with van der Waals surface area (Å²) in [5.74, 6) is 1.20. The van der Waals surface area contributed by atoms with Gasteiger partial charge < -0.3 is 25.4 Å². The Morgan fingerprint density at radius 3 is 2.32 bits per heavy atom. The van der Waals surface area contributed by atoms with Crippen molar-refractivity contribution in [2.75, 3.05) is 52.4 Å². The average molecular weight is 526 g/mol. The lowest BCUT2D eigenvalue weighted by molar-refractivity contribution is -0.130. The number of hydrogen-bond donors (Lipinski definition) is 3. The number of para-hydroxylation sites is 1. The van der Waals surface area contributed by atoms with Gasteiger partial charge in [0.1, 0.15) is 0 Å². The fraction of sp³-hybridized carbons (Fsp3) is 0.571. The van der Waals surface area contributed by atoms with Gasteiger partial charge >= 0.3 is 6.09 Å². The molecule has 2 aliphatic rings. The van der Waals surface area contributed by atoms with E-state index in [4.69, 9.17) is 9.84 Å². The highest BCUT2D eigenvalue weighted by atomic mass is 16.5. The van der Waals surface area contributed by atoms with Crippen LogP contribution in [0.4, 0.5) is 4.79 Å². The maximum atomic E-state index is 13.2. The van der Waals surface area contributed by atoms with Crippen LogP contribution in [0.25, 0.3) is 10.9 Å². The molecule has 3 amide bonds. The minimum atomic E-state index is -0.975. The monoisotopic (exact) mass is 525 g/mol. The molecule has 2 heterocycles. The summed E-state index contributed by atoms with van der Waals surface area (Å²) in [4.78, 5) is 44.2. The van der Waals surface area contributed by atoms with Gasteiger partial charge in [0.05, 0.1) is 17.7 Å². The molecule has 206 valence electrons. The van der Waals surface area contributed by atoms with Crippen LogP contribution in [-0.4, -0.2) is 90.2 Å². The first-order chi connectivity index (χ1) is 18.4. The zero-order valence-electron chi connectivity index (χ0n) is 22.2. The van der Waals surface area contributed by atoms with Crippen LogP contribution in [0.3, 0.4) is 0 Å². The summed E-state index contributed by atoms with van der Waals surface area (Å²) < 4.78 is 5.97. The van der Waals surface area contributed by atoms with E-state index in [0.717, 1.165) is 75.7 Å². The maximum Gasteiger partial charge on any atom is 0.404 e. The Bertz CT molecular complexity index is 1110. The number of nitrogens with one attached hydrogen (secondary N) is 2.